The Morgan fingerprint density at radius 3 is 2.55 bits per heavy atom. The van der Waals surface area contributed by atoms with Crippen LogP contribution in [0.25, 0.3) is 10.9 Å². The first-order valence-electron chi connectivity index (χ1n) is 6.43. The molecular formula is C14H17F3N2O. The number of nitrogens with two attached hydrogens (primary N) is 1. The lowest BCUT2D eigenvalue weighted by Gasteiger charge is -2.11. The molecule has 2 rings (SSSR count). The van der Waals surface area contributed by atoms with Gasteiger partial charge in [0.05, 0.1) is 6.61 Å². The van der Waals surface area contributed by atoms with Crippen molar-refractivity contribution in [2.45, 2.75) is 38.7 Å². The molecule has 1 aromatic carbocycles. The van der Waals surface area contributed by atoms with E-state index < -0.39 is 12.6 Å². The van der Waals surface area contributed by atoms with Gasteiger partial charge in [-0.25, -0.2) is 0 Å². The van der Waals surface area contributed by atoms with Crippen molar-refractivity contribution in [1.82, 2.24) is 4.57 Å². The van der Waals surface area contributed by atoms with Gasteiger partial charge in [-0.05, 0) is 30.2 Å². The van der Waals surface area contributed by atoms with Gasteiger partial charge in [-0.15, -0.1) is 0 Å². The minimum Gasteiger partial charge on any atom is -0.390 e. The molecule has 0 radical (unpaired) electrons. The molecule has 110 valence electrons. The summed E-state index contributed by atoms with van der Waals surface area (Å²) in [6, 6.07) is 7.38. The second kappa shape index (κ2) is 5.85. The zero-order valence-corrected chi connectivity index (χ0v) is 11.0. The smallest absolute Gasteiger partial charge is 0.389 e. The van der Waals surface area contributed by atoms with Crippen molar-refractivity contribution in [2.75, 3.05) is 0 Å². The molecule has 6 heteroatoms. The molecule has 1 heterocycles. The highest BCUT2D eigenvalue weighted by Gasteiger charge is 2.26. The number of fused-ring (bicyclic) bond motifs is 1. The van der Waals surface area contributed by atoms with Crippen LogP contribution in [0, 0.1) is 0 Å². The summed E-state index contributed by atoms with van der Waals surface area (Å²) in [6.45, 7) is 0.448. The summed E-state index contributed by atoms with van der Waals surface area (Å²) >= 11 is 0. The molecule has 1 aromatic heterocycles. The minimum atomic E-state index is -4.14. The van der Waals surface area contributed by atoms with Crippen LogP contribution in [-0.2, 0) is 19.7 Å². The summed E-state index contributed by atoms with van der Waals surface area (Å²) in [5.41, 5.74) is 7.97. The van der Waals surface area contributed by atoms with Crippen LogP contribution < -0.4 is 5.73 Å². The molecule has 3 N–H and O–H groups in total. The number of aliphatic hydroxyl groups excluding tert-OH is 1. The number of benzene rings is 1. The Kier molecular flexibility index (Phi) is 4.35. The average molecular weight is 286 g/mol. The molecule has 0 bridgehead atoms. The number of hydrogen-bond donors (Lipinski definition) is 2. The van der Waals surface area contributed by atoms with Crippen molar-refractivity contribution in [3.8, 4) is 0 Å². The van der Waals surface area contributed by atoms with E-state index in [-0.39, 0.29) is 19.6 Å². The Labute approximate surface area is 114 Å². The van der Waals surface area contributed by atoms with Gasteiger partial charge in [0.2, 0.25) is 0 Å². The van der Waals surface area contributed by atoms with E-state index in [1.165, 1.54) is 0 Å². The maximum Gasteiger partial charge on any atom is 0.389 e. The molecule has 0 fully saturated rings. The zero-order valence-electron chi connectivity index (χ0n) is 11.0. The second-order valence-electron chi connectivity index (χ2n) is 4.76. The van der Waals surface area contributed by atoms with Gasteiger partial charge in [0.1, 0.15) is 0 Å². The van der Waals surface area contributed by atoms with Gasteiger partial charge in [-0.1, -0.05) is 6.07 Å². The van der Waals surface area contributed by atoms with E-state index in [0.717, 1.165) is 16.5 Å². The molecule has 3 nitrogen and oxygen atoms in total. The summed E-state index contributed by atoms with van der Waals surface area (Å²) in [7, 11) is 0. The number of alkyl halides is 3. The fourth-order valence-corrected chi connectivity index (χ4v) is 2.34. The fraction of sp³-hybridized carbons (Fsp3) is 0.429. The summed E-state index contributed by atoms with van der Waals surface area (Å²) in [4.78, 5) is 0. The van der Waals surface area contributed by atoms with Gasteiger partial charge in [0, 0.05) is 36.1 Å². The van der Waals surface area contributed by atoms with Crippen molar-refractivity contribution in [3.63, 3.8) is 0 Å². The number of aliphatic hydroxyl groups is 1. The molecule has 0 saturated heterocycles. The minimum absolute atomic E-state index is 0.00107. The van der Waals surface area contributed by atoms with E-state index in [2.05, 4.69) is 0 Å². The van der Waals surface area contributed by atoms with Gasteiger partial charge >= 0.3 is 6.18 Å². The fourth-order valence-electron chi connectivity index (χ4n) is 2.34. The highest BCUT2D eigenvalue weighted by Crippen LogP contribution is 2.25. The molecule has 0 spiro atoms. The first-order valence-corrected chi connectivity index (χ1v) is 6.43. The van der Waals surface area contributed by atoms with Crippen molar-refractivity contribution in [3.05, 3.63) is 35.5 Å². The zero-order chi connectivity index (χ0) is 14.8. The maximum atomic E-state index is 12.2. The molecule has 0 aliphatic heterocycles. The standard InChI is InChI=1S/C14H17F3N2O/c15-14(16,17)4-1-5-19-12(9-20)7-11-6-10(8-18)2-3-13(11)19/h2-3,6-7,20H,1,4-5,8-9,18H2. The van der Waals surface area contributed by atoms with E-state index >= 15 is 0 Å². The Morgan fingerprint density at radius 1 is 1.20 bits per heavy atom. The molecule has 0 unspecified atom stereocenters. The molecule has 2 aromatic rings. The number of rotatable bonds is 5. The van der Waals surface area contributed by atoms with Crippen LogP contribution in [0.15, 0.2) is 24.3 Å². The first kappa shape index (κ1) is 14.9. The van der Waals surface area contributed by atoms with Crippen molar-refractivity contribution in [2.24, 2.45) is 5.73 Å². The molecular weight excluding hydrogens is 269 g/mol. The summed E-state index contributed by atoms with van der Waals surface area (Å²) in [6.07, 6.45) is -4.97. The quantitative estimate of drug-likeness (QED) is 0.888. The average Bonchev–Trinajstić information content (AvgIpc) is 2.74. The number of hydrogen-bond acceptors (Lipinski definition) is 2. The molecule has 0 aliphatic rings. The Balaban J connectivity index is 2.26. The van der Waals surface area contributed by atoms with E-state index in [4.69, 9.17) is 5.73 Å². The maximum absolute atomic E-state index is 12.2. The lowest BCUT2D eigenvalue weighted by atomic mass is 10.1. The number of aryl methyl sites for hydroxylation is 1. The van der Waals surface area contributed by atoms with Crippen molar-refractivity contribution in [1.29, 1.82) is 0 Å². The van der Waals surface area contributed by atoms with Gasteiger partial charge in [-0.3, -0.25) is 0 Å². The predicted octanol–water partition coefficient (Wildman–Crippen LogP) is 2.93. The normalized spacial score (nSPS) is 12.2. The summed E-state index contributed by atoms with van der Waals surface area (Å²) in [5, 5.41) is 10.2. The predicted molar refractivity (Wildman–Crippen MR) is 71.0 cm³/mol. The Bertz CT molecular complexity index is 590. The van der Waals surface area contributed by atoms with E-state index in [9.17, 15) is 18.3 Å². The van der Waals surface area contributed by atoms with Crippen LogP contribution in [0.4, 0.5) is 13.2 Å². The van der Waals surface area contributed by atoms with Gasteiger partial charge in [0.25, 0.3) is 0 Å². The summed E-state index contributed by atoms with van der Waals surface area (Å²) in [5.74, 6) is 0. The molecule has 0 saturated carbocycles. The first-order chi connectivity index (χ1) is 9.44. The Hall–Kier alpha value is -1.53. The van der Waals surface area contributed by atoms with Crippen LogP contribution in [0.3, 0.4) is 0 Å². The van der Waals surface area contributed by atoms with E-state index in [1.54, 1.807) is 10.6 Å². The lowest BCUT2D eigenvalue weighted by molar-refractivity contribution is -0.135. The highest BCUT2D eigenvalue weighted by molar-refractivity contribution is 5.82. The van der Waals surface area contributed by atoms with Crippen LogP contribution in [0.5, 0.6) is 0 Å². The van der Waals surface area contributed by atoms with Gasteiger partial charge in [0.15, 0.2) is 0 Å². The third kappa shape index (κ3) is 3.32. The monoisotopic (exact) mass is 286 g/mol. The second-order valence-corrected chi connectivity index (χ2v) is 4.76. The lowest BCUT2D eigenvalue weighted by Crippen LogP contribution is -2.10. The summed E-state index contributed by atoms with van der Waals surface area (Å²) < 4.78 is 38.4. The van der Waals surface area contributed by atoms with Crippen LogP contribution in [0.2, 0.25) is 0 Å². The third-order valence-corrected chi connectivity index (χ3v) is 3.29. The number of halogens is 3. The highest BCUT2D eigenvalue weighted by atomic mass is 19.4. The topological polar surface area (TPSA) is 51.2 Å². The SMILES string of the molecule is NCc1ccc2c(c1)cc(CO)n2CCCC(F)(F)F. The van der Waals surface area contributed by atoms with Crippen LogP contribution in [0.1, 0.15) is 24.1 Å². The van der Waals surface area contributed by atoms with Crippen LogP contribution in [-0.4, -0.2) is 15.8 Å². The van der Waals surface area contributed by atoms with Crippen molar-refractivity contribution < 1.29 is 18.3 Å². The van der Waals surface area contributed by atoms with E-state index in [1.807, 2.05) is 18.2 Å². The Morgan fingerprint density at radius 2 is 1.95 bits per heavy atom. The number of nitrogens with zero attached hydrogens (tertiary/aromatic N) is 1. The molecule has 20 heavy (non-hydrogen) atoms. The third-order valence-electron chi connectivity index (χ3n) is 3.29. The molecule has 0 amide bonds. The van der Waals surface area contributed by atoms with Crippen molar-refractivity contribution >= 4 is 10.9 Å². The molecule has 0 aliphatic carbocycles. The molecule has 0 atom stereocenters. The van der Waals surface area contributed by atoms with Gasteiger partial charge < -0.3 is 15.4 Å². The van der Waals surface area contributed by atoms with Gasteiger partial charge in [-0.2, -0.15) is 13.2 Å². The van der Waals surface area contributed by atoms with Crippen LogP contribution >= 0.6 is 0 Å². The largest absolute Gasteiger partial charge is 0.390 e. The number of aromatic nitrogens is 1. The van der Waals surface area contributed by atoms with E-state index in [0.29, 0.717) is 12.2 Å².